The molecule has 0 fully saturated rings. The van der Waals surface area contributed by atoms with E-state index < -0.39 is 0 Å². The molecule has 16 heavy (non-hydrogen) atoms. The molecule has 0 aliphatic heterocycles. The Bertz CT molecular complexity index is 292. The molecular weight excluding hydrogens is 204 g/mol. The molecule has 0 aliphatic carbocycles. The summed E-state index contributed by atoms with van der Waals surface area (Å²) in [5.41, 5.74) is 0. The Morgan fingerprint density at radius 3 is 2.88 bits per heavy atom. The van der Waals surface area contributed by atoms with E-state index >= 15 is 0 Å². The fraction of sp³-hybridized carbons (Fsp3) is 0.583. The highest BCUT2D eigenvalue weighted by atomic mass is 16.5. The number of nitrogens with one attached hydrogen (secondary N) is 1. The van der Waals surface area contributed by atoms with Crippen LogP contribution in [0.1, 0.15) is 20.3 Å². The summed E-state index contributed by atoms with van der Waals surface area (Å²) < 4.78 is 10.9. The number of hydrogen-bond donors (Lipinski definition) is 1. The molecule has 0 unspecified atom stereocenters. The molecule has 0 aliphatic rings. The Labute approximate surface area is 97.0 Å². The third kappa shape index (κ3) is 4.49. The summed E-state index contributed by atoms with van der Waals surface area (Å²) in [5.74, 6) is 1.28. The zero-order valence-electron chi connectivity index (χ0n) is 10.0. The van der Waals surface area contributed by atoms with Gasteiger partial charge in [0.25, 0.3) is 5.88 Å². The smallest absolute Gasteiger partial charge is 0.257 e. The largest absolute Gasteiger partial charge is 0.488 e. The first-order valence-electron chi connectivity index (χ1n) is 5.79. The van der Waals surface area contributed by atoms with Crippen molar-refractivity contribution in [3.63, 3.8) is 0 Å². The van der Waals surface area contributed by atoms with Gasteiger partial charge in [0.1, 0.15) is 6.61 Å². The van der Waals surface area contributed by atoms with E-state index in [0.29, 0.717) is 24.8 Å². The highest BCUT2D eigenvalue weighted by Gasteiger charge is 2.04. The predicted octanol–water partition coefficient (Wildman–Crippen LogP) is 1.86. The second-order valence-electron chi connectivity index (χ2n) is 3.34. The van der Waals surface area contributed by atoms with Crippen LogP contribution in [0.4, 0.5) is 0 Å². The van der Waals surface area contributed by atoms with Gasteiger partial charge in [0.05, 0.1) is 6.61 Å². The average molecular weight is 224 g/mol. The Balaban J connectivity index is 2.34. The minimum atomic E-state index is 0.572. The summed E-state index contributed by atoms with van der Waals surface area (Å²) in [5, 5.41) is 3.26. The topological polar surface area (TPSA) is 43.4 Å². The predicted molar refractivity (Wildman–Crippen MR) is 64.1 cm³/mol. The van der Waals surface area contributed by atoms with Crippen molar-refractivity contribution in [3.8, 4) is 11.6 Å². The number of aromatic nitrogens is 1. The maximum Gasteiger partial charge on any atom is 0.257 e. The summed E-state index contributed by atoms with van der Waals surface area (Å²) in [6.07, 6.45) is 2.84. The van der Waals surface area contributed by atoms with Crippen molar-refractivity contribution in [2.24, 2.45) is 0 Å². The molecule has 1 N–H and O–H groups in total. The summed E-state index contributed by atoms with van der Waals surface area (Å²) in [6.45, 7) is 7.16. The maximum atomic E-state index is 5.54. The second-order valence-corrected chi connectivity index (χ2v) is 3.34. The molecule has 4 nitrogen and oxygen atoms in total. The zero-order valence-corrected chi connectivity index (χ0v) is 10.0. The van der Waals surface area contributed by atoms with Crippen molar-refractivity contribution in [1.29, 1.82) is 0 Å². The van der Waals surface area contributed by atoms with Crippen LogP contribution < -0.4 is 14.8 Å². The fourth-order valence-electron chi connectivity index (χ4n) is 1.27. The van der Waals surface area contributed by atoms with E-state index in [9.17, 15) is 0 Å². The zero-order chi connectivity index (χ0) is 11.6. The van der Waals surface area contributed by atoms with Gasteiger partial charge in [0.2, 0.25) is 0 Å². The van der Waals surface area contributed by atoms with Crippen molar-refractivity contribution >= 4 is 0 Å². The van der Waals surface area contributed by atoms with Crippen molar-refractivity contribution in [2.75, 3.05) is 26.3 Å². The summed E-state index contributed by atoms with van der Waals surface area (Å²) in [7, 11) is 0. The van der Waals surface area contributed by atoms with E-state index in [0.717, 1.165) is 19.5 Å². The molecule has 0 aromatic carbocycles. The molecule has 1 aromatic rings. The third-order valence-corrected chi connectivity index (χ3v) is 1.98. The van der Waals surface area contributed by atoms with Crippen LogP contribution >= 0.6 is 0 Å². The number of hydrogen-bond acceptors (Lipinski definition) is 4. The van der Waals surface area contributed by atoms with Crippen LogP contribution in [0.3, 0.4) is 0 Å². The van der Waals surface area contributed by atoms with Gasteiger partial charge < -0.3 is 14.8 Å². The Morgan fingerprint density at radius 2 is 2.12 bits per heavy atom. The molecule has 1 heterocycles. The molecule has 1 rings (SSSR count). The van der Waals surface area contributed by atoms with Gasteiger partial charge in [-0.15, -0.1) is 0 Å². The summed E-state index contributed by atoms with van der Waals surface area (Å²) in [6, 6.07) is 3.71. The van der Waals surface area contributed by atoms with Gasteiger partial charge in [-0.05, 0) is 32.0 Å². The SMILES string of the molecule is CCCNCCOc1ncccc1OCC. The lowest BCUT2D eigenvalue weighted by Crippen LogP contribution is -2.21. The lowest BCUT2D eigenvalue weighted by molar-refractivity contribution is 0.266. The molecule has 0 spiro atoms. The van der Waals surface area contributed by atoms with Crippen LogP contribution in [0, 0.1) is 0 Å². The normalized spacial score (nSPS) is 10.1. The highest BCUT2D eigenvalue weighted by Crippen LogP contribution is 2.22. The van der Waals surface area contributed by atoms with E-state index in [1.807, 2.05) is 19.1 Å². The van der Waals surface area contributed by atoms with Gasteiger partial charge in [-0.3, -0.25) is 0 Å². The maximum absolute atomic E-state index is 5.54. The van der Waals surface area contributed by atoms with Gasteiger partial charge in [-0.2, -0.15) is 0 Å². The minimum absolute atomic E-state index is 0.572. The first-order valence-corrected chi connectivity index (χ1v) is 5.79. The molecule has 0 atom stereocenters. The van der Waals surface area contributed by atoms with E-state index in [4.69, 9.17) is 9.47 Å². The van der Waals surface area contributed by atoms with Gasteiger partial charge in [0, 0.05) is 12.7 Å². The lowest BCUT2D eigenvalue weighted by Gasteiger charge is -2.10. The molecule has 90 valence electrons. The van der Waals surface area contributed by atoms with Gasteiger partial charge in [-0.1, -0.05) is 6.92 Å². The second kappa shape index (κ2) is 7.93. The Hall–Kier alpha value is -1.29. The minimum Gasteiger partial charge on any atom is -0.488 e. The van der Waals surface area contributed by atoms with Crippen LogP contribution in [-0.2, 0) is 0 Å². The first kappa shape index (κ1) is 12.8. The molecule has 1 aromatic heterocycles. The Kier molecular flexibility index (Phi) is 6.33. The number of nitrogens with zero attached hydrogens (tertiary/aromatic N) is 1. The molecule has 0 saturated heterocycles. The molecule has 4 heteroatoms. The number of ether oxygens (including phenoxy) is 2. The monoisotopic (exact) mass is 224 g/mol. The van der Waals surface area contributed by atoms with E-state index in [1.54, 1.807) is 6.20 Å². The van der Waals surface area contributed by atoms with Crippen LogP contribution in [-0.4, -0.2) is 31.3 Å². The third-order valence-electron chi connectivity index (χ3n) is 1.98. The van der Waals surface area contributed by atoms with Gasteiger partial charge in [-0.25, -0.2) is 4.98 Å². The molecule has 0 amide bonds. The van der Waals surface area contributed by atoms with Crippen molar-refractivity contribution in [2.45, 2.75) is 20.3 Å². The van der Waals surface area contributed by atoms with Crippen LogP contribution in [0.2, 0.25) is 0 Å². The van der Waals surface area contributed by atoms with E-state index in [1.165, 1.54) is 0 Å². The molecule has 0 radical (unpaired) electrons. The van der Waals surface area contributed by atoms with E-state index in [2.05, 4.69) is 17.2 Å². The highest BCUT2D eigenvalue weighted by molar-refractivity contribution is 5.32. The molecule has 0 bridgehead atoms. The average Bonchev–Trinajstić information content (AvgIpc) is 2.31. The van der Waals surface area contributed by atoms with Crippen LogP contribution in [0.25, 0.3) is 0 Å². The lowest BCUT2D eigenvalue weighted by atomic mass is 10.4. The first-order chi connectivity index (χ1) is 7.88. The van der Waals surface area contributed by atoms with Crippen molar-refractivity contribution < 1.29 is 9.47 Å². The number of rotatable bonds is 8. The van der Waals surface area contributed by atoms with Crippen LogP contribution in [0.15, 0.2) is 18.3 Å². The van der Waals surface area contributed by atoms with Gasteiger partial charge >= 0.3 is 0 Å². The standard InChI is InChI=1S/C12H20N2O2/c1-3-7-13-9-10-16-12-11(15-4-2)6-5-8-14-12/h5-6,8,13H,3-4,7,9-10H2,1-2H3. The molecular formula is C12H20N2O2. The summed E-state index contributed by atoms with van der Waals surface area (Å²) >= 11 is 0. The Morgan fingerprint density at radius 1 is 1.25 bits per heavy atom. The fourth-order valence-corrected chi connectivity index (χ4v) is 1.27. The molecule has 0 saturated carbocycles. The summed E-state index contributed by atoms with van der Waals surface area (Å²) in [4.78, 5) is 4.14. The quantitative estimate of drug-likeness (QED) is 0.684. The van der Waals surface area contributed by atoms with Crippen molar-refractivity contribution in [1.82, 2.24) is 10.3 Å². The van der Waals surface area contributed by atoms with Gasteiger partial charge in [0.15, 0.2) is 5.75 Å². The number of pyridine rings is 1. The van der Waals surface area contributed by atoms with E-state index in [-0.39, 0.29) is 0 Å². The van der Waals surface area contributed by atoms with Crippen LogP contribution in [0.5, 0.6) is 11.6 Å². The van der Waals surface area contributed by atoms with Crippen molar-refractivity contribution in [3.05, 3.63) is 18.3 Å².